The van der Waals surface area contributed by atoms with Gasteiger partial charge in [0.05, 0.1) is 18.2 Å². The van der Waals surface area contributed by atoms with Crippen LogP contribution in [0.25, 0.3) is 0 Å². The van der Waals surface area contributed by atoms with Gasteiger partial charge in [-0.05, 0) is 6.07 Å². The Kier molecular flexibility index (Phi) is 9.63. The number of hydrogen-bond donors (Lipinski definition) is 2. The van der Waals surface area contributed by atoms with E-state index in [9.17, 15) is 4.79 Å². The predicted octanol–water partition coefficient (Wildman–Crippen LogP) is 1.95. The van der Waals surface area contributed by atoms with Crippen molar-refractivity contribution in [1.82, 2.24) is 15.5 Å². The number of carbonyl (C=O) groups is 1. The summed E-state index contributed by atoms with van der Waals surface area (Å²) in [5.41, 5.74) is 0.805. The van der Waals surface area contributed by atoms with Gasteiger partial charge in [0.25, 0.3) is 0 Å². The van der Waals surface area contributed by atoms with E-state index in [0.717, 1.165) is 30.6 Å². The Bertz CT molecular complexity index is 723. The number of rotatable bonds is 6. The molecule has 1 aromatic rings. The molecular weight excluding hydrogens is 499 g/mol. The molecule has 168 valence electrons. The summed E-state index contributed by atoms with van der Waals surface area (Å²) < 4.78 is 17.1. The van der Waals surface area contributed by atoms with Crippen LogP contribution in [0.15, 0.2) is 29.3 Å². The van der Waals surface area contributed by atoms with Gasteiger partial charge >= 0.3 is 0 Å². The highest BCUT2D eigenvalue weighted by molar-refractivity contribution is 14.0. The number of carbonyl (C=O) groups excluding carboxylic acids is 1. The highest BCUT2D eigenvalue weighted by atomic mass is 127. The van der Waals surface area contributed by atoms with Crippen molar-refractivity contribution in [3.8, 4) is 5.75 Å². The molecule has 2 heterocycles. The molecule has 0 radical (unpaired) electrons. The maximum absolute atomic E-state index is 12.1. The number of aliphatic imine (C=N–C) groups is 1. The zero-order valence-corrected chi connectivity index (χ0v) is 20.3. The topological polar surface area (TPSA) is 84.4 Å². The molecule has 0 spiro atoms. The predicted molar refractivity (Wildman–Crippen MR) is 127 cm³/mol. The molecule has 0 bridgehead atoms. The van der Waals surface area contributed by atoms with Crippen LogP contribution in [-0.2, 0) is 14.3 Å². The summed E-state index contributed by atoms with van der Waals surface area (Å²) in [6.07, 6.45) is 2.46. The number of benzene rings is 1. The molecule has 1 amide bonds. The molecule has 1 atom stereocenters. The summed E-state index contributed by atoms with van der Waals surface area (Å²) in [4.78, 5) is 18.1. The second-order valence-electron chi connectivity index (χ2n) is 7.68. The van der Waals surface area contributed by atoms with E-state index in [0.29, 0.717) is 32.3 Å². The molecule has 1 unspecified atom stereocenters. The summed E-state index contributed by atoms with van der Waals surface area (Å²) in [7, 11) is 5.20. The summed E-state index contributed by atoms with van der Waals surface area (Å²) in [6, 6.07) is 8.07. The minimum Gasteiger partial charge on any atom is -0.493 e. The van der Waals surface area contributed by atoms with E-state index in [1.165, 1.54) is 0 Å². The number of halogens is 1. The van der Waals surface area contributed by atoms with Crippen molar-refractivity contribution in [2.75, 3.05) is 54.1 Å². The van der Waals surface area contributed by atoms with Gasteiger partial charge in [0, 0.05) is 65.8 Å². The molecule has 1 saturated heterocycles. The lowest BCUT2D eigenvalue weighted by atomic mass is 9.94. The molecule has 2 aliphatic rings. The highest BCUT2D eigenvalue weighted by Gasteiger charge is 2.33. The van der Waals surface area contributed by atoms with Crippen molar-refractivity contribution in [2.45, 2.75) is 30.9 Å². The molecule has 2 N–H and O–H groups in total. The third kappa shape index (κ3) is 6.45. The summed E-state index contributed by atoms with van der Waals surface area (Å²) >= 11 is 0. The van der Waals surface area contributed by atoms with Gasteiger partial charge in [0.2, 0.25) is 5.91 Å². The smallest absolute Gasteiger partial charge is 0.243 e. The Labute approximate surface area is 195 Å². The number of nitrogens with zero attached hydrogens (tertiary/aromatic N) is 2. The van der Waals surface area contributed by atoms with Crippen molar-refractivity contribution >= 4 is 35.8 Å². The Hall–Kier alpha value is -1.59. The third-order valence-corrected chi connectivity index (χ3v) is 5.56. The fourth-order valence-corrected chi connectivity index (χ4v) is 3.54. The lowest BCUT2D eigenvalue weighted by Crippen LogP contribution is -2.51. The number of likely N-dealkylation sites (N-methyl/N-ethyl adjacent to an activating group) is 1. The summed E-state index contributed by atoms with van der Waals surface area (Å²) in [5, 5.41) is 6.89. The van der Waals surface area contributed by atoms with Gasteiger partial charge in [-0.1, -0.05) is 18.2 Å². The van der Waals surface area contributed by atoms with Crippen LogP contribution in [0.1, 0.15) is 30.9 Å². The normalized spacial score (nSPS) is 20.2. The molecule has 1 fully saturated rings. The van der Waals surface area contributed by atoms with Crippen LogP contribution in [0.2, 0.25) is 0 Å². The van der Waals surface area contributed by atoms with E-state index in [2.05, 4.69) is 21.7 Å². The van der Waals surface area contributed by atoms with Crippen LogP contribution in [0.5, 0.6) is 5.75 Å². The Morgan fingerprint density at radius 2 is 2.00 bits per heavy atom. The number of nitrogens with one attached hydrogen (secondary N) is 2. The minimum absolute atomic E-state index is 0. The van der Waals surface area contributed by atoms with Crippen molar-refractivity contribution in [2.24, 2.45) is 4.99 Å². The first-order valence-corrected chi connectivity index (χ1v) is 10.1. The Morgan fingerprint density at radius 1 is 1.27 bits per heavy atom. The average molecular weight is 532 g/mol. The summed E-state index contributed by atoms with van der Waals surface area (Å²) in [5.74, 6) is 1.44. The minimum atomic E-state index is -0.292. The van der Waals surface area contributed by atoms with Gasteiger partial charge in [-0.15, -0.1) is 24.0 Å². The number of guanidine groups is 1. The number of hydrogen-bond acceptors (Lipinski definition) is 5. The standard InChI is InChI=1S/C21H32N4O4.HI/c1-25(2)19(26)14-22-20(23-15-21(27-3)9-12-28-13-10-21)24-17-8-11-29-18-7-5-4-6-16(17)18;/h4-7,17H,8-15H2,1-3H3,(H2,22,23,24);1H. The SMILES string of the molecule is COC1(CNC(=NCC(=O)N(C)C)NC2CCOc3ccccc32)CCOCC1.I. The maximum Gasteiger partial charge on any atom is 0.243 e. The molecule has 3 rings (SSSR count). The van der Waals surface area contributed by atoms with Crippen molar-refractivity contribution in [3.05, 3.63) is 29.8 Å². The third-order valence-electron chi connectivity index (χ3n) is 5.56. The monoisotopic (exact) mass is 532 g/mol. The molecule has 0 saturated carbocycles. The Balaban J connectivity index is 0.00000320. The molecule has 2 aliphatic heterocycles. The number of fused-ring (bicyclic) bond motifs is 1. The molecule has 0 aromatic heterocycles. The average Bonchev–Trinajstić information content (AvgIpc) is 2.76. The lowest BCUT2D eigenvalue weighted by Gasteiger charge is -2.37. The molecule has 0 aliphatic carbocycles. The van der Waals surface area contributed by atoms with Crippen LogP contribution < -0.4 is 15.4 Å². The largest absolute Gasteiger partial charge is 0.493 e. The number of methoxy groups -OCH3 is 1. The van der Waals surface area contributed by atoms with E-state index in [4.69, 9.17) is 14.2 Å². The zero-order valence-electron chi connectivity index (χ0n) is 18.0. The van der Waals surface area contributed by atoms with Crippen molar-refractivity contribution in [3.63, 3.8) is 0 Å². The molecule has 8 nitrogen and oxygen atoms in total. The molecule has 30 heavy (non-hydrogen) atoms. The maximum atomic E-state index is 12.1. The van der Waals surface area contributed by atoms with Crippen LogP contribution >= 0.6 is 24.0 Å². The van der Waals surface area contributed by atoms with Crippen molar-refractivity contribution < 1.29 is 19.0 Å². The van der Waals surface area contributed by atoms with E-state index >= 15 is 0 Å². The van der Waals surface area contributed by atoms with E-state index in [1.807, 2.05) is 18.2 Å². The van der Waals surface area contributed by atoms with Gasteiger partial charge in [0.1, 0.15) is 12.3 Å². The van der Waals surface area contributed by atoms with Gasteiger partial charge < -0.3 is 29.7 Å². The molecule has 9 heteroatoms. The van der Waals surface area contributed by atoms with Crippen molar-refractivity contribution in [1.29, 1.82) is 0 Å². The zero-order chi connectivity index (χ0) is 20.7. The van der Waals surface area contributed by atoms with E-state index in [-0.39, 0.29) is 48.1 Å². The number of para-hydroxylation sites is 1. The number of ether oxygens (including phenoxy) is 3. The van der Waals surface area contributed by atoms with Crippen LogP contribution in [-0.4, -0.2) is 76.5 Å². The number of amides is 1. The molecular formula is C21H33IN4O4. The van der Waals surface area contributed by atoms with Gasteiger partial charge in [-0.3, -0.25) is 4.79 Å². The fourth-order valence-electron chi connectivity index (χ4n) is 3.54. The first-order valence-electron chi connectivity index (χ1n) is 10.1. The van der Waals surface area contributed by atoms with Gasteiger partial charge in [-0.2, -0.15) is 0 Å². The first-order chi connectivity index (χ1) is 14.0. The van der Waals surface area contributed by atoms with Crippen LogP contribution in [0.4, 0.5) is 0 Å². The van der Waals surface area contributed by atoms with Crippen LogP contribution in [0.3, 0.4) is 0 Å². The fraction of sp³-hybridized carbons (Fsp3) is 0.619. The quantitative estimate of drug-likeness (QED) is 0.331. The van der Waals surface area contributed by atoms with Gasteiger partial charge in [-0.25, -0.2) is 4.99 Å². The van der Waals surface area contributed by atoms with Gasteiger partial charge in [0.15, 0.2) is 5.96 Å². The first kappa shape index (κ1) is 24.7. The second kappa shape index (κ2) is 11.7. The second-order valence-corrected chi connectivity index (χ2v) is 7.68. The Morgan fingerprint density at radius 3 is 2.70 bits per heavy atom. The van der Waals surface area contributed by atoms with Crippen LogP contribution in [0, 0.1) is 0 Å². The van der Waals surface area contributed by atoms with E-state index in [1.54, 1.807) is 26.1 Å². The lowest BCUT2D eigenvalue weighted by molar-refractivity contribution is -0.127. The highest BCUT2D eigenvalue weighted by Crippen LogP contribution is 2.31. The van der Waals surface area contributed by atoms with E-state index < -0.39 is 0 Å². The molecule has 1 aromatic carbocycles. The summed E-state index contributed by atoms with van der Waals surface area (Å²) in [6.45, 7) is 2.68.